The largest absolute Gasteiger partial charge is 0.458 e. The Hall–Kier alpha value is -0.990. The second-order valence-electron chi connectivity index (χ2n) is 6.95. The lowest BCUT2D eigenvalue weighted by Crippen LogP contribution is -2.13. The average molecular weight is 295 g/mol. The first kappa shape index (κ1) is 15.4. The van der Waals surface area contributed by atoms with Gasteiger partial charge in [-0.15, -0.1) is 0 Å². The molecule has 0 spiro atoms. The predicted octanol–water partition coefficient (Wildman–Crippen LogP) is 5.58. The maximum absolute atomic E-state index is 10.3. The SMILES string of the molecule is CC(CC(O)c1cc2cc(Cl)ccc2o1)CC(C)(C)C. The van der Waals surface area contributed by atoms with Crippen LogP contribution in [-0.4, -0.2) is 5.11 Å². The van der Waals surface area contributed by atoms with E-state index in [1.807, 2.05) is 18.2 Å². The minimum Gasteiger partial charge on any atom is -0.458 e. The third-order valence-corrected chi connectivity index (χ3v) is 3.65. The first-order valence-corrected chi connectivity index (χ1v) is 7.49. The summed E-state index contributed by atoms with van der Waals surface area (Å²) in [7, 11) is 0. The molecule has 0 bridgehead atoms. The third-order valence-electron chi connectivity index (χ3n) is 3.41. The van der Waals surface area contributed by atoms with Crippen molar-refractivity contribution in [2.75, 3.05) is 0 Å². The molecule has 0 fully saturated rings. The molecule has 0 saturated heterocycles. The number of benzene rings is 1. The monoisotopic (exact) mass is 294 g/mol. The molecule has 2 rings (SSSR count). The van der Waals surface area contributed by atoms with Gasteiger partial charge in [-0.2, -0.15) is 0 Å². The Morgan fingerprint density at radius 1 is 1.25 bits per heavy atom. The fraction of sp³-hybridized carbons (Fsp3) is 0.529. The summed E-state index contributed by atoms with van der Waals surface area (Å²) in [6.07, 6.45) is 1.24. The van der Waals surface area contributed by atoms with Crippen LogP contribution in [0.15, 0.2) is 28.7 Å². The molecule has 1 heterocycles. The molecule has 2 aromatic rings. The van der Waals surface area contributed by atoms with Gasteiger partial charge in [0.15, 0.2) is 0 Å². The van der Waals surface area contributed by atoms with Crippen molar-refractivity contribution >= 4 is 22.6 Å². The van der Waals surface area contributed by atoms with Gasteiger partial charge in [-0.1, -0.05) is 39.3 Å². The van der Waals surface area contributed by atoms with Crippen molar-refractivity contribution in [2.45, 2.75) is 46.6 Å². The van der Waals surface area contributed by atoms with E-state index in [1.165, 1.54) is 0 Å². The molecule has 1 aromatic carbocycles. The van der Waals surface area contributed by atoms with E-state index in [1.54, 1.807) is 6.07 Å². The zero-order chi connectivity index (χ0) is 14.9. The van der Waals surface area contributed by atoms with Crippen LogP contribution in [0.4, 0.5) is 0 Å². The van der Waals surface area contributed by atoms with Gasteiger partial charge in [0.2, 0.25) is 0 Å². The fourth-order valence-electron chi connectivity index (χ4n) is 2.82. The number of halogens is 1. The quantitative estimate of drug-likeness (QED) is 0.798. The summed E-state index contributed by atoms with van der Waals surface area (Å²) >= 11 is 5.96. The first-order valence-electron chi connectivity index (χ1n) is 7.12. The summed E-state index contributed by atoms with van der Waals surface area (Å²) < 4.78 is 5.71. The summed E-state index contributed by atoms with van der Waals surface area (Å²) in [5.41, 5.74) is 1.05. The highest BCUT2D eigenvalue weighted by Crippen LogP contribution is 2.33. The minimum atomic E-state index is -0.557. The zero-order valence-electron chi connectivity index (χ0n) is 12.6. The van der Waals surface area contributed by atoms with Crippen LogP contribution < -0.4 is 0 Å². The molecule has 20 heavy (non-hydrogen) atoms. The Bertz CT molecular complexity index is 580. The standard InChI is InChI=1S/C17H23ClO2/c1-11(10-17(2,3)4)7-14(19)16-9-12-8-13(18)5-6-15(12)20-16/h5-6,8-9,11,14,19H,7,10H2,1-4H3. The summed E-state index contributed by atoms with van der Waals surface area (Å²) in [6.45, 7) is 8.84. The number of hydrogen-bond acceptors (Lipinski definition) is 2. The van der Waals surface area contributed by atoms with E-state index < -0.39 is 6.10 Å². The van der Waals surface area contributed by atoms with Gasteiger partial charge in [0, 0.05) is 10.4 Å². The fourth-order valence-corrected chi connectivity index (χ4v) is 3.01. The number of furan rings is 1. The van der Waals surface area contributed by atoms with Crippen molar-refractivity contribution in [3.63, 3.8) is 0 Å². The van der Waals surface area contributed by atoms with Crippen LogP contribution in [0.25, 0.3) is 11.0 Å². The Morgan fingerprint density at radius 2 is 1.95 bits per heavy atom. The molecule has 1 aromatic heterocycles. The van der Waals surface area contributed by atoms with Gasteiger partial charge in [-0.3, -0.25) is 0 Å². The smallest absolute Gasteiger partial charge is 0.134 e. The van der Waals surface area contributed by atoms with Crippen LogP contribution in [0.2, 0.25) is 5.02 Å². The molecule has 2 nitrogen and oxygen atoms in total. The van der Waals surface area contributed by atoms with Crippen LogP contribution in [0, 0.1) is 11.3 Å². The van der Waals surface area contributed by atoms with E-state index in [2.05, 4.69) is 27.7 Å². The second-order valence-corrected chi connectivity index (χ2v) is 7.39. The van der Waals surface area contributed by atoms with Gasteiger partial charge in [-0.25, -0.2) is 0 Å². The van der Waals surface area contributed by atoms with Gasteiger partial charge < -0.3 is 9.52 Å². The molecule has 0 aliphatic rings. The van der Waals surface area contributed by atoms with Gasteiger partial charge in [0.1, 0.15) is 17.4 Å². The zero-order valence-corrected chi connectivity index (χ0v) is 13.4. The molecule has 0 amide bonds. The summed E-state index contributed by atoms with van der Waals surface area (Å²) in [5.74, 6) is 1.07. The Morgan fingerprint density at radius 3 is 2.60 bits per heavy atom. The highest BCUT2D eigenvalue weighted by atomic mass is 35.5. The highest BCUT2D eigenvalue weighted by molar-refractivity contribution is 6.31. The average Bonchev–Trinajstić information content (AvgIpc) is 2.68. The molecular weight excluding hydrogens is 272 g/mol. The van der Waals surface area contributed by atoms with Crippen molar-refractivity contribution in [3.05, 3.63) is 35.0 Å². The van der Waals surface area contributed by atoms with Crippen LogP contribution in [0.3, 0.4) is 0 Å². The van der Waals surface area contributed by atoms with Crippen LogP contribution in [0.1, 0.15) is 52.4 Å². The Balaban J connectivity index is 2.09. The van der Waals surface area contributed by atoms with Gasteiger partial charge in [0.25, 0.3) is 0 Å². The van der Waals surface area contributed by atoms with Crippen molar-refractivity contribution < 1.29 is 9.52 Å². The Labute approximate surface area is 125 Å². The van der Waals surface area contributed by atoms with E-state index in [9.17, 15) is 5.11 Å². The maximum Gasteiger partial charge on any atom is 0.134 e. The number of aliphatic hydroxyl groups excluding tert-OH is 1. The normalized spacial score (nSPS) is 15.5. The van der Waals surface area contributed by atoms with E-state index in [0.717, 1.165) is 17.4 Å². The van der Waals surface area contributed by atoms with Crippen LogP contribution >= 0.6 is 11.6 Å². The molecule has 0 aliphatic heterocycles. The molecule has 2 unspecified atom stereocenters. The van der Waals surface area contributed by atoms with Gasteiger partial charge >= 0.3 is 0 Å². The minimum absolute atomic E-state index is 0.278. The first-order chi connectivity index (χ1) is 9.24. The lowest BCUT2D eigenvalue weighted by molar-refractivity contribution is 0.114. The van der Waals surface area contributed by atoms with Crippen LogP contribution in [-0.2, 0) is 0 Å². The molecule has 2 atom stereocenters. The number of fused-ring (bicyclic) bond motifs is 1. The summed E-state index contributed by atoms with van der Waals surface area (Å²) in [4.78, 5) is 0. The number of hydrogen-bond donors (Lipinski definition) is 1. The topological polar surface area (TPSA) is 33.4 Å². The van der Waals surface area contributed by atoms with E-state index in [0.29, 0.717) is 23.1 Å². The molecule has 1 N–H and O–H groups in total. The third kappa shape index (κ3) is 4.00. The lowest BCUT2D eigenvalue weighted by atomic mass is 9.83. The maximum atomic E-state index is 10.3. The van der Waals surface area contributed by atoms with E-state index in [4.69, 9.17) is 16.0 Å². The van der Waals surface area contributed by atoms with E-state index >= 15 is 0 Å². The van der Waals surface area contributed by atoms with Crippen molar-refractivity contribution in [1.82, 2.24) is 0 Å². The second kappa shape index (κ2) is 5.79. The highest BCUT2D eigenvalue weighted by Gasteiger charge is 2.21. The number of rotatable bonds is 4. The van der Waals surface area contributed by atoms with Crippen LogP contribution in [0.5, 0.6) is 0 Å². The molecule has 110 valence electrons. The molecular formula is C17H23ClO2. The van der Waals surface area contributed by atoms with E-state index in [-0.39, 0.29) is 5.41 Å². The molecule has 0 radical (unpaired) electrons. The molecule has 0 aliphatic carbocycles. The van der Waals surface area contributed by atoms with Crippen molar-refractivity contribution in [3.8, 4) is 0 Å². The summed E-state index contributed by atoms with van der Waals surface area (Å²) in [6, 6.07) is 7.38. The van der Waals surface area contributed by atoms with Gasteiger partial charge in [-0.05, 0) is 48.4 Å². The van der Waals surface area contributed by atoms with Crippen molar-refractivity contribution in [1.29, 1.82) is 0 Å². The molecule has 0 saturated carbocycles. The van der Waals surface area contributed by atoms with Gasteiger partial charge in [0.05, 0.1) is 0 Å². The Kier molecular flexibility index (Phi) is 4.46. The number of aliphatic hydroxyl groups is 1. The predicted molar refractivity (Wildman–Crippen MR) is 84.0 cm³/mol. The summed E-state index contributed by atoms with van der Waals surface area (Å²) in [5, 5.41) is 12.0. The van der Waals surface area contributed by atoms with Crippen molar-refractivity contribution in [2.24, 2.45) is 11.3 Å². The molecule has 3 heteroatoms. The lowest BCUT2D eigenvalue weighted by Gasteiger charge is -2.24.